The van der Waals surface area contributed by atoms with Gasteiger partial charge < -0.3 is 11.1 Å². The average Bonchev–Trinajstić information content (AvgIpc) is 3.04. The summed E-state index contributed by atoms with van der Waals surface area (Å²) < 4.78 is 0. The number of thiophene rings is 1. The van der Waals surface area contributed by atoms with Crippen molar-refractivity contribution in [3.05, 3.63) is 80.7 Å². The summed E-state index contributed by atoms with van der Waals surface area (Å²) in [6, 6.07) is 12.7. The van der Waals surface area contributed by atoms with Crippen molar-refractivity contribution in [2.75, 3.05) is 10.2 Å². The predicted octanol–water partition coefficient (Wildman–Crippen LogP) is 5.15. The number of hydrogen-bond acceptors (Lipinski definition) is 6. The minimum Gasteiger partial charge on any atom is -0.366 e. The highest BCUT2D eigenvalue weighted by Crippen LogP contribution is 2.40. The van der Waals surface area contributed by atoms with Gasteiger partial charge in [-0.1, -0.05) is 23.7 Å². The van der Waals surface area contributed by atoms with E-state index in [9.17, 15) is 9.59 Å². The predicted molar refractivity (Wildman–Crippen MR) is 146 cm³/mol. The molecule has 0 bridgehead atoms. The second kappa shape index (κ2) is 10.0. The largest absolute Gasteiger partial charge is 0.366 e. The van der Waals surface area contributed by atoms with E-state index in [1.807, 2.05) is 26.0 Å². The first-order valence-corrected chi connectivity index (χ1v) is 12.3. The fraction of sp³-hybridized carbons (Fsp3) is 0.192. The maximum atomic E-state index is 13.0. The molecular formula is C26H25ClN6O2S. The summed E-state index contributed by atoms with van der Waals surface area (Å²) in [5.74, 6) is -0.684. The van der Waals surface area contributed by atoms with Gasteiger partial charge in [-0.15, -0.1) is 11.3 Å². The van der Waals surface area contributed by atoms with Crippen molar-refractivity contribution >= 4 is 62.8 Å². The summed E-state index contributed by atoms with van der Waals surface area (Å²) in [7, 11) is 0. The van der Waals surface area contributed by atoms with Crippen LogP contribution in [0.5, 0.6) is 0 Å². The summed E-state index contributed by atoms with van der Waals surface area (Å²) >= 11 is 7.62. The molecule has 0 fully saturated rings. The molecule has 4 rings (SSSR count). The summed E-state index contributed by atoms with van der Waals surface area (Å²) in [6.45, 7) is 5.62. The Kier molecular flexibility index (Phi) is 7.05. The molecule has 0 aliphatic carbocycles. The Bertz CT molecular complexity index is 1410. The van der Waals surface area contributed by atoms with Crippen molar-refractivity contribution in [3.63, 3.8) is 0 Å². The van der Waals surface area contributed by atoms with Gasteiger partial charge in [0.05, 0.1) is 12.1 Å². The number of aliphatic imine (C=N–C) groups is 1. The average molecular weight is 521 g/mol. The number of halogens is 1. The van der Waals surface area contributed by atoms with Crippen LogP contribution in [0.4, 0.5) is 10.7 Å². The van der Waals surface area contributed by atoms with E-state index in [1.165, 1.54) is 23.5 Å². The Balaban J connectivity index is 1.74. The number of fused-ring (bicyclic) bond motifs is 1. The van der Waals surface area contributed by atoms with Gasteiger partial charge >= 0.3 is 0 Å². The zero-order chi connectivity index (χ0) is 26.1. The van der Waals surface area contributed by atoms with Crippen molar-refractivity contribution in [3.8, 4) is 0 Å². The first-order valence-electron chi connectivity index (χ1n) is 11.1. The Morgan fingerprint density at radius 1 is 1.14 bits per heavy atom. The highest BCUT2D eigenvalue weighted by Gasteiger charge is 2.34. The minimum absolute atomic E-state index is 0.0492. The lowest BCUT2D eigenvalue weighted by atomic mass is 9.99. The summed E-state index contributed by atoms with van der Waals surface area (Å²) in [6.07, 6.45) is -0.107. The number of nitrogens with two attached hydrogens (primary N) is 1. The van der Waals surface area contributed by atoms with Crippen LogP contribution in [0.15, 0.2) is 53.5 Å². The fourth-order valence-corrected chi connectivity index (χ4v) is 5.34. The third kappa shape index (κ3) is 4.93. The van der Waals surface area contributed by atoms with Crippen molar-refractivity contribution < 1.29 is 9.59 Å². The van der Waals surface area contributed by atoms with Crippen molar-refractivity contribution in [1.82, 2.24) is 0 Å². The Morgan fingerprint density at radius 2 is 1.78 bits per heavy atom. The van der Waals surface area contributed by atoms with Crippen LogP contribution in [-0.2, 0) is 4.79 Å². The van der Waals surface area contributed by atoms with Gasteiger partial charge in [0.25, 0.3) is 0 Å². The smallest absolute Gasteiger partial charge is 0.248 e. The number of amidine groups is 2. The number of nitrogens with one attached hydrogen (secondary N) is 3. The van der Waals surface area contributed by atoms with E-state index in [0.717, 1.165) is 26.6 Å². The number of carbonyl (C=O) groups excluding carboxylic acids is 2. The molecule has 36 heavy (non-hydrogen) atoms. The maximum Gasteiger partial charge on any atom is 0.248 e. The summed E-state index contributed by atoms with van der Waals surface area (Å²) in [4.78, 5) is 31.8. The van der Waals surface area contributed by atoms with Gasteiger partial charge in [-0.2, -0.15) is 0 Å². The van der Waals surface area contributed by atoms with Crippen LogP contribution in [0.1, 0.15) is 45.3 Å². The van der Waals surface area contributed by atoms with Crippen LogP contribution in [0.3, 0.4) is 0 Å². The van der Waals surface area contributed by atoms with Gasteiger partial charge in [0, 0.05) is 32.3 Å². The molecule has 3 aromatic rings. The maximum absolute atomic E-state index is 13.0. The van der Waals surface area contributed by atoms with E-state index in [1.54, 1.807) is 36.1 Å². The lowest BCUT2D eigenvalue weighted by molar-refractivity contribution is -0.116. The van der Waals surface area contributed by atoms with E-state index >= 15 is 0 Å². The van der Waals surface area contributed by atoms with Gasteiger partial charge in [-0.25, -0.2) is 0 Å². The summed E-state index contributed by atoms with van der Waals surface area (Å²) in [5.41, 5.74) is 9.44. The summed E-state index contributed by atoms with van der Waals surface area (Å²) in [5, 5.41) is 21.5. The van der Waals surface area contributed by atoms with Gasteiger partial charge in [-0.3, -0.25) is 30.3 Å². The van der Waals surface area contributed by atoms with Crippen LogP contribution in [0.2, 0.25) is 5.02 Å². The van der Waals surface area contributed by atoms with E-state index in [0.29, 0.717) is 22.0 Å². The topological polar surface area (TPSA) is 135 Å². The third-order valence-electron chi connectivity index (χ3n) is 5.93. The SMILES string of the molecule is CC(=N)N1C(=N)[C@H](CC(=O)Nc2ccc(C(N)=O)cc2)N=C(c2ccc(Cl)cc2)c2c1sc(C)c2C. The van der Waals surface area contributed by atoms with E-state index in [2.05, 4.69) is 5.32 Å². The second-order valence-electron chi connectivity index (χ2n) is 8.46. The number of nitrogens with zero attached hydrogens (tertiary/aromatic N) is 2. The first kappa shape index (κ1) is 25.3. The Morgan fingerprint density at radius 3 is 2.36 bits per heavy atom. The van der Waals surface area contributed by atoms with Crippen molar-refractivity contribution in [1.29, 1.82) is 10.8 Å². The number of primary amides is 1. The van der Waals surface area contributed by atoms with Crippen LogP contribution in [0, 0.1) is 24.7 Å². The number of hydrogen-bond donors (Lipinski definition) is 4. The molecule has 1 aliphatic rings. The zero-order valence-electron chi connectivity index (χ0n) is 20.0. The molecule has 184 valence electrons. The molecule has 8 nitrogen and oxygen atoms in total. The van der Waals surface area contributed by atoms with Gasteiger partial charge in [0.1, 0.15) is 22.7 Å². The molecule has 2 amide bonds. The molecular weight excluding hydrogens is 496 g/mol. The normalized spacial score (nSPS) is 15.1. The molecule has 0 saturated carbocycles. The van der Waals surface area contributed by atoms with E-state index < -0.39 is 11.9 Å². The minimum atomic E-state index is -0.833. The molecule has 1 atom stereocenters. The standard InChI is InChI=1S/C26H25ClN6O2S/c1-13-14(2)36-26-22(13)23(16-4-8-18(27)9-5-16)32-20(24(29)33(26)15(3)28)12-21(34)31-19-10-6-17(7-11-19)25(30)35/h4-11,20,28-29H,12H2,1-3H3,(H2,30,35)(H,31,34)/t20-/m0/s1. The number of carbonyl (C=O) groups is 2. The first-order chi connectivity index (χ1) is 17.1. The highest BCUT2D eigenvalue weighted by molar-refractivity contribution is 7.17. The molecule has 5 N–H and O–H groups in total. The number of anilines is 2. The highest BCUT2D eigenvalue weighted by atomic mass is 35.5. The van der Waals surface area contributed by atoms with Crippen LogP contribution in [-0.4, -0.2) is 35.2 Å². The number of benzene rings is 2. The van der Waals surface area contributed by atoms with Gasteiger partial charge in [0.15, 0.2) is 0 Å². The van der Waals surface area contributed by atoms with Crippen molar-refractivity contribution in [2.24, 2.45) is 10.7 Å². The van der Waals surface area contributed by atoms with E-state index in [4.69, 9.17) is 33.1 Å². The molecule has 0 saturated heterocycles. The zero-order valence-corrected chi connectivity index (χ0v) is 21.6. The van der Waals surface area contributed by atoms with Crippen LogP contribution >= 0.6 is 22.9 Å². The lowest BCUT2D eigenvalue weighted by Crippen LogP contribution is -2.41. The number of aryl methyl sites for hydroxylation is 1. The molecule has 1 aromatic heterocycles. The molecule has 10 heteroatoms. The third-order valence-corrected chi connectivity index (χ3v) is 7.38. The monoisotopic (exact) mass is 520 g/mol. The fourth-order valence-electron chi connectivity index (χ4n) is 3.99. The Hall–Kier alpha value is -3.82. The van der Waals surface area contributed by atoms with E-state index in [-0.39, 0.29) is 24.0 Å². The molecule has 0 spiro atoms. The molecule has 0 radical (unpaired) electrons. The quantitative estimate of drug-likeness (QED) is 0.273. The molecule has 2 aromatic carbocycles. The lowest BCUT2D eigenvalue weighted by Gasteiger charge is -2.24. The van der Waals surface area contributed by atoms with Crippen LogP contribution < -0.4 is 16.0 Å². The van der Waals surface area contributed by atoms with Gasteiger partial charge in [-0.05, 0) is 62.7 Å². The number of amides is 2. The molecule has 2 heterocycles. The second-order valence-corrected chi connectivity index (χ2v) is 10.1. The number of rotatable bonds is 5. The Labute approximate surface area is 217 Å². The van der Waals surface area contributed by atoms with Gasteiger partial charge in [0.2, 0.25) is 11.8 Å². The van der Waals surface area contributed by atoms with Crippen LogP contribution in [0.25, 0.3) is 0 Å². The van der Waals surface area contributed by atoms with Crippen molar-refractivity contribution in [2.45, 2.75) is 33.2 Å². The molecule has 0 unspecified atom stereocenters. The molecule has 1 aliphatic heterocycles.